The van der Waals surface area contributed by atoms with Gasteiger partial charge in [0.05, 0.1) is 24.8 Å². The van der Waals surface area contributed by atoms with Gasteiger partial charge in [-0.1, -0.05) is 35.9 Å². The largest absolute Gasteiger partial charge is 0.495 e. The van der Waals surface area contributed by atoms with E-state index in [1.54, 1.807) is 19.2 Å². The molecule has 1 heterocycles. The summed E-state index contributed by atoms with van der Waals surface area (Å²) in [5, 5.41) is 11.3. The molecule has 2 atom stereocenters. The molecule has 2 aromatic carbocycles. The predicted molar refractivity (Wildman–Crippen MR) is 82.3 cm³/mol. The summed E-state index contributed by atoms with van der Waals surface area (Å²) in [6.45, 7) is 0.615. The molecule has 0 aliphatic carbocycles. The van der Waals surface area contributed by atoms with Crippen LogP contribution < -0.4 is 9.47 Å². The Labute approximate surface area is 129 Å². The van der Waals surface area contributed by atoms with Crippen molar-refractivity contribution in [3.63, 3.8) is 0 Å². The zero-order chi connectivity index (χ0) is 14.8. The quantitative estimate of drug-likeness (QED) is 0.933. The second-order valence-corrected chi connectivity index (χ2v) is 5.53. The highest BCUT2D eigenvalue weighted by atomic mass is 35.5. The first-order chi connectivity index (χ1) is 10.2. The van der Waals surface area contributed by atoms with E-state index in [1.807, 2.05) is 30.3 Å². The summed E-state index contributed by atoms with van der Waals surface area (Å²) in [6, 6.07) is 13.3. The Morgan fingerprint density at radius 3 is 2.90 bits per heavy atom. The molecule has 3 rings (SSSR count). The molecule has 4 heteroatoms. The molecule has 2 unspecified atom stereocenters. The van der Waals surface area contributed by atoms with Crippen LogP contribution in [-0.2, 0) is 0 Å². The van der Waals surface area contributed by atoms with Gasteiger partial charge >= 0.3 is 0 Å². The van der Waals surface area contributed by atoms with Gasteiger partial charge in [-0.05, 0) is 30.2 Å². The molecule has 1 N–H and O–H groups in total. The van der Waals surface area contributed by atoms with Crippen molar-refractivity contribution in [2.75, 3.05) is 13.7 Å². The van der Waals surface area contributed by atoms with Crippen LogP contribution in [-0.4, -0.2) is 18.8 Å². The first-order valence-corrected chi connectivity index (χ1v) is 7.31. The Kier molecular flexibility index (Phi) is 4.04. The van der Waals surface area contributed by atoms with Crippen LogP contribution in [0.15, 0.2) is 42.5 Å². The minimum absolute atomic E-state index is 0.0147. The second kappa shape index (κ2) is 5.96. The number of fused-ring (bicyclic) bond motifs is 1. The van der Waals surface area contributed by atoms with Crippen LogP contribution in [0.5, 0.6) is 11.5 Å². The van der Waals surface area contributed by atoms with Crippen molar-refractivity contribution in [3.05, 3.63) is 58.6 Å². The van der Waals surface area contributed by atoms with Crippen molar-refractivity contribution in [3.8, 4) is 11.5 Å². The maximum atomic E-state index is 10.7. The molecule has 21 heavy (non-hydrogen) atoms. The fourth-order valence-corrected chi connectivity index (χ4v) is 2.98. The third-order valence-electron chi connectivity index (χ3n) is 3.90. The first-order valence-electron chi connectivity index (χ1n) is 6.94. The second-order valence-electron chi connectivity index (χ2n) is 5.12. The Bertz CT molecular complexity index is 642. The van der Waals surface area contributed by atoms with Gasteiger partial charge in [0.15, 0.2) is 0 Å². The lowest BCUT2D eigenvalue weighted by Gasteiger charge is -2.29. The molecule has 2 aromatic rings. The van der Waals surface area contributed by atoms with E-state index in [2.05, 4.69) is 0 Å². The monoisotopic (exact) mass is 304 g/mol. The van der Waals surface area contributed by atoms with E-state index in [4.69, 9.17) is 21.1 Å². The van der Waals surface area contributed by atoms with E-state index in [0.29, 0.717) is 17.4 Å². The maximum Gasteiger partial charge on any atom is 0.137 e. The molecule has 0 amide bonds. The zero-order valence-electron chi connectivity index (χ0n) is 11.8. The Morgan fingerprint density at radius 1 is 1.29 bits per heavy atom. The van der Waals surface area contributed by atoms with Crippen molar-refractivity contribution in [2.24, 2.45) is 0 Å². The molecule has 110 valence electrons. The smallest absolute Gasteiger partial charge is 0.137 e. The molecule has 0 spiro atoms. The number of aliphatic hydroxyl groups is 1. The number of hydrogen-bond acceptors (Lipinski definition) is 3. The Hall–Kier alpha value is -1.71. The van der Waals surface area contributed by atoms with Gasteiger partial charge in [0.25, 0.3) is 0 Å². The van der Waals surface area contributed by atoms with E-state index < -0.39 is 6.10 Å². The summed E-state index contributed by atoms with van der Waals surface area (Å²) in [5.74, 6) is 1.45. The van der Waals surface area contributed by atoms with E-state index >= 15 is 0 Å². The summed E-state index contributed by atoms with van der Waals surface area (Å²) >= 11 is 6.04. The van der Waals surface area contributed by atoms with Crippen LogP contribution in [0.2, 0.25) is 5.02 Å². The molecule has 0 radical (unpaired) electrons. The average molecular weight is 305 g/mol. The summed E-state index contributed by atoms with van der Waals surface area (Å²) in [6.07, 6.45) is 0.171. The van der Waals surface area contributed by atoms with E-state index in [1.165, 1.54) is 0 Å². The SMILES string of the molecule is COc1cc(C(O)C2CCOc3ccccc32)ccc1Cl. The topological polar surface area (TPSA) is 38.7 Å². The van der Waals surface area contributed by atoms with Gasteiger partial charge in [-0.15, -0.1) is 0 Å². The lowest BCUT2D eigenvalue weighted by molar-refractivity contribution is 0.117. The van der Waals surface area contributed by atoms with Gasteiger partial charge in [0, 0.05) is 11.5 Å². The molecule has 0 saturated heterocycles. The molecular weight excluding hydrogens is 288 g/mol. The number of methoxy groups -OCH3 is 1. The Balaban J connectivity index is 1.94. The van der Waals surface area contributed by atoms with Crippen molar-refractivity contribution < 1.29 is 14.6 Å². The summed E-state index contributed by atoms with van der Waals surface area (Å²) < 4.78 is 10.9. The molecule has 0 aromatic heterocycles. The number of rotatable bonds is 3. The van der Waals surface area contributed by atoms with Crippen LogP contribution in [0.1, 0.15) is 29.6 Å². The number of ether oxygens (including phenoxy) is 2. The van der Waals surface area contributed by atoms with Gasteiger partial charge in [-0.3, -0.25) is 0 Å². The molecule has 0 saturated carbocycles. The van der Waals surface area contributed by atoms with Gasteiger partial charge in [0.2, 0.25) is 0 Å². The minimum Gasteiger partial charge on any atom is -0.495 e. The molecule has 0 fully saturated rings. The van der Waals surface area contributed by atoms with Crippen molar-refractivity contribution in [1.29, 1.82) is 0 Å². The van der Waals surface area contributed by atoms with Gasteiger partial charge in [-0.25, -0.2) is 0 Å². The Morgan fingerprint density at radius 2 is 2.10 bits per heavy atom. The average Bonchev–Trinajstić information content (AvgIpc) is 2.54. The van der Waals surface area contributed by atoms with Crippen molar-refractivity contribution >= 4 is 11.6 Å². The lowest BCUT2D eigenvalue weighted by Crippen LogP contribution is -2.20. The zero-order valence-corrected chi connectivity index (χ0v) is 12.5. The third-order valence-corrected chi connectivity index (χ3v) is 4.21. The first kappa shape index (κ1) is 14.2. The van der Waals surface area contributed by atoms with Gasteiger partial charge in [0.1, 0.15) is 11.5 Å². The molecule has 3 nitrogen and oxygen atoms in total. The molecule has 0 bridgehead atoms. The summed E-state index contributed by atoms with van der Waals surface area (Å²) in [7, 11) is 1.57. The molecule has 1 aliphatic heterocycles. The van der Waals surface area contributed by atoms with Crippen molar-refractivity contribution in [2.45, 2.75) is 18.4 Å². The minimum atomic E-state index is -0.610. The molecule has 1 aliphatic rings. The lowest BCUT2D eigenvalue weighted by atomic mass is 9.85. The van der Waals surface area contributed by atoms with Crippen LogP contribution in [0.25, 0.3) is 0 Å². The predicted octanol–water partition coefficient (Wildman–Crippen LogP) is 3.95. The highest BCUT2D eigenvalue weighted by molar-refractivity contribution is 6.32. The van der Waals surface area contributed by atoms with Crippen LogP contribution in [0, 0.1) is 0 Å². The summed E-state index contributed by atoms with van der Waals surface area (Å²) in [5.41, 5.74) is 1.85. The highest BCUT2D eigenvalue weighted by Crippen LogP contribution is 2.42. The van der Waals surface area contributed by atoms with Crippen LogP contribution in [0.4, 0.5) is 0 Å². The van der Waals surface area contributed by atoms with Gasteiger partial charge < -0.3 is 14.6 Å². The molecular formula is C17H17ClO3. The normalized spacial score (nSPS) is 18.5. The van der Waals surface area contributed by atoms with Gasteiger partial charge in [-0.2, -0.15) is 0 Å². The summed E-state index contributed by atoms with van der Waals surface area (Å²) in [4.78, 5) is 0. The number of aliphatic hydroxyl groups excluding tert-OH is 1. The van der Waals surface area contributed by atoms with E-state index in [0.717, 1.165) is 23.3 Å². The standard InChI is InChI=1S/C17H17ClO3/c1-20-16-10-11(6-7-14(16)18)17(19)13-8-9-21-15-5-3-2-4-12(13)15/h2-7,10,13,17,19H,8-9H2,1H3. The van der Waals surface area contributed by atoms with E-state index in [-0.39, 0.29) is 5.92 Å². The fourth-order valence-electron chi connectivity index (χ4n) is 2.79. The fraction of sp³-hybridized carbons (Fsp3) is 0.294. The third kappa shape index (κ3) is 2.71. The maximum absolute atomic E-state index is 10.7. The van der Waals surface area contributed by atoms with E-state index in [9.17, 15) is 5.11 Å². The number of hydrogen-bond donors (Lipinski definition) is 1. The van der Waals surface area contributed by atoms with Crippen molar-refractivity contribution in [1.82, 2.24) is 0 Å². The number of halogens is 1. The van der Waals surface area contributed by atoms with Crippen LogP contribution in [0.3, 0.4) is 0 Å². The number of para-hydroxylation sites is 1. The number of benzene rings is 2. The van der Waals surface area contributed by atoms with Crippen LogP contribution >= 0.6 is 11.6 Å². The highest BCUT2D eigenvalue weighted by Gasteiger charge is 2.28.